The Morgan fingerprint density at radius 2 is 1.79 bits per heavy atom. The van der Waals surface area contributed by atoms with Crippen LogP contribution in [0, 0.1) is 0 Å². The molecule has 0 aliphatic rings. The Hall–Kier alpha value is -3.86. The predicted octanol–water partition coefficient (Wildman–Crippen LogP) is 6.59. The fourth-order valence-corrected chi connectivity index (χ4v) is 6.33. The molecule has 2 heterocycles. The van der Waals surface area contributed by atoms with E-state index in [0.717, 1.165) is 32.8 Å². The number of nitrogens with zero attached hydrogens (tertiary/aromatic N) is 5. The van der Waals surface area contributed by atoms with Gasteiger partial charge in [0.05, 0.1) is 25.7 Å². The van der Waals surface area contributed by atoms with E-state index in [-0.39, 0.29) is 5.91 Å². The van der Waals surface area contributed by atoms with E-state index in [1.165, 1.54) is 23.1 Å². The molecule has 0 unspecified atom stereocenters. The maximum atomic E-state index is 13.1. The minimum atomic E-state index is -0.116. The van der Waals surface area contributed by atoms with Gasteiger partial charge in [0.1, 0.15) is 16.5 Å². The summed E-state index contributed by atoms with van der Waals surface area (Å²) in [6.45, 7) is 0.545. The average Bonchev–Trinajstić information content (AvgIpc) is 3.65. The Morgan fingerprint density at radius 1 is 0.976 bits per heavy atom. The summed E-state index contributed by atoms with van der Waals surface area (Å²) in [6.07, 6.45) is 1.31. The van der Waals surface area contributed by atoms with Gasteiger partial charge in [0.25, 0.3) is 5.91 Å². The van der Waals surface area contributed by atoms with Crippen LogP contribution in [0.2, 0.25) is 5.02 Å². The number of hydrogen-bond donors (Lipinski definition) is 0. The number of amides is 1. The number of thiazole rings is 1. The quantitative estimate of drug-likeness (QED) is 0.146. The Morgan fingerprint density at radius 3 is 2.55 bits per heavy atom. The lowest BCUT2D eigenvalue weighted by Crippen LogP contribution is -2.29. The molecule has 8 nitrogen and oxygen atoms in total. The summed E-state index contributed by atoms with van der Waals surface area (Å²) >= 11 is 9.31. The van der Waals surface area contributed by atoms with Crippen molar-refractivity contribution in [1.82, 2.24) is 24.6 Å². The van der Waals surface area contributed by atoms with Crippen molar-refractivity contribution in [2.24, 2.45) is 0 Å². The van der Waals surface area contributed by atoms with E-state index in [0.29, 0.717) is 47.4 Å². The number of methoxy groups -OCH3 is 2. The normalized spacial score (nSPS) is 11.0. The van der Waals surface area contributed by atoms with E-state index in [1.807, 2.05) is 70.6 Å². The van der Waals surface area contributed by atoms with Crippen molar-refractivity contribution < 1.29 is 14.3 Å². The third kappa shape index (κ3) is 7.13. The topological polar surface area (TPSA) is 82.4 Å². The van der Waals surface area contributed by atoms with Gasteiger partial charge in [0.2, 0.25) is 0 Å². The first-order valence-corrected chi connectivity index (χ1v) is 15.5. The minimum Gasteiger partial charge on any atom is -0.493 e. The summed E-state index contributed by atoms with van der Waals surface area (Å²) in [5, 5.41) is 13.0. The molecule has 3 aromatic carbocycles. The number of carbonyl (C=O) groups is 1. The van der Waals surface area contributed by atoms with E-state index < -0.39 is 0 Å². The highest BCUT2D eigenvalue weighted by Gasteiger charge is 2.19. The number of rotatable bonds is 12. The largest absolute Gasteiger partial charge is 0.493 e. The number of halogens is 1. The highest BCUT2D eigenvalue weighted by molar-refractivity contribution is 7.98. The first-order chi connectivity index (χ1) is 20.4. The van der Waals surface area contributed by atoms with E-state index in [4.69, 9.17) is 21.1 Å². The summed E-state index contributed by atoms with van der Waals surface area (Å²) in [6, 6.07) is 23.6. The zero-order valence-corrected chi connectivity index (χ0v) is 25.9. The fourth-order valence-electron chi connectivity index (χ4n) is 4.39. The molecule has 0 fully saturated rings. The zero-order chi connectivity index (χ0) is 29.5. The second-order valence-electron chi connectivity index (χ2n) is 9.46. The van der Waals surface area contributed by atoms with Gasteiger partial charge < -0.3 is 14.4 Å². The van der Waals surface area contributed by atoms with Crippen LogP contribution in [0.3, 0.4) is 0 Å². The standard InChI is InChI=1S/C31H30ClN5O3S2/c1-36(15-14-22-12-13-26(39-2)27(16-22)40-3)30(38)25-19-41-29(33-25)20-42-31-35-34-28(17-21-8-5-4-6-9-21)37(31)24-11-7-10-23(32)18-24/h4-13,16,18-19H,14-15,17,20H2,1-3H3. The number of hydrogen-bond acceptors (Lipinski definition) is 8. The number of benzene rings is 3. The van der Waals surface area contributed by atoms with Gasteiger partial charge in [0, 0.05) is 30.4 Å². The van der Waals surface area contributed by atoms with Crippen LogP contribution in [0.5, 0.6) is 11.5 Å². The molecule has 0 bridgehead atoms. The number of thioether (sulfide) groups is 1. The van der Waals surface area contributed by atoms with Crippen molar-refractivity contribution in [3.8, 4) is 17.2 Å². The van der Waals surface area contributed by atoms with Gasteiger partial charge in [-0.3, -0.25) is 9.36 Å². The predicted molar refractivity (Wildman–Crippen MR) is 168 cm³/mol. The SMILES string of the molecule is COc1ccc(CCN(C)C(=O)c2csc(CSc3nnc(Cc4ccccc4)n3-c3cccc(Cl)c3)n2)cc1OC. The number of aromatic nitrogens is 4. The van der Waals surface area contributed by atoms with Gasteiger partial charge >= 0.3 is 0 Å². The van der Waals surface area contributed by atoms with E-state index in [9.17, 15) is 4.79 Å². The molecule has 0 saturated heterocycles. The molecule has 216 valence electrons. The lowest BCUT2D eigenvalue weighted by molar-refractivity contribution is 0.0791. The molecule has 5 aromatic rings. The van der Waals surface area contributed by atoms with Gasteiger partial charge in [-0.05, 0) is 47.9 Å². The third-order valence-electron chi connectivity index (χ3n) is 6.60. The highest BCUT2D eigenvalue weighted by atomic mass is 35.5. The van der Waals surface area contributed by atoms with Crippen LogP contribution >= 0.6 is 34.7 Å². The summed E-state index contributed by atoms with van der Waals surface area (Å²) in [7, 11) is 5.01. The summed E-state index contributed by atoms with van der Waals surface area (Å²) in [5.74, 6) is 2.60. The number of carbonyl (C=O) groups excluding carboxylic acids is 1. The molecule has 11 heteroatoms. The number of ether oxygens (including phenoxy) is 2. The van der Waals surface area contributed by atoms with Crippen molar-refractivity contribution in [1.29, 1.82) is 0 Å². The smallest absolute Gasteiger partial charge is 0.273 e. The van der Waals surface area contributed by atoms with Crippen LogP contribution in [0.15, 0.2) is 83.3 Å². The molecule has 5 rings (SSSR count). The minimum absolute atomic E-state index is 0.116. The fraction of sp³-hybridized carbons (Fsp3) is 0.226. The van der Waals surface area contributed by atoms with Gasteiger partial charge in [0.15, 0.2) is 16.7 Å². The molecule has 0 saturated carbocycles. The van der Waals surface area contributed by atoms with Crippen LogP contribution in [0.1, 0.15) is 32.4 Å². The molecular weight excluding hydrogens is 590 g/mol. The lowest BCUT2D eigenvalue weighted by Gasteiger charge is -2.16. The van der Waals surface area contributed by atoms with E-state index >= 15 is 0 Å². The maximum Gasteiger partial charge on any atom is 0.273 e. The average molecular weight is 620 g/mol. The molecule has 1 amide bonds. The van der Waals surface area contributed by atoms with Crippen LogP contribution in [0.25, 0.3) is 5.69 Å². The van der Waals surface area contributed by atoms with E-state index in [2.05, 4.69) is 27.3 Å². The first kappa shape index (κ1) is 29.6. The van der Waals surface area contributed by atoms with Crippen molar-refractivity contribution in [3.05, 3.63) is 111 Å². The van der Waals surface area contributed by atoms with Crippen LogP contribution in [0.4, 0.5) is 0 Å². The van der Waals surface area contributed by atoms with Gasteiger partial charge in [-0.15, -0.1) is 21.5 Å². The molecule has 0 N–H and O–H groups in total. The molecule has 0 atom stereocenters. The Bertz CT molecular complexity index is 1660. The van der Waals surface area contributed by atoms with Crippen LogP contribution in [-0.4, -0.2) is 58.4 Å². The van der Waals surface area contributed by atoms with Crippen molar-refractivity contribution in [3.63, 3.8) is 0 Å². The monoisotopic (exact) mass is 619 g/mol. The number of likely N-dealkylation sites (N-methyl/N-ethyl adjacent to an activating group) is 1. The molecule has 0 aliphatic carbocycles. The van der Waals surface area contributed by atoms with Crippen molar-refractivity contribution in [2.75, 3.05) is 27.8 Å². The second-order valence-corrected chi connectivity index (χ2v) is 11.8. The lowest BCUT2D eigenvalue weighted by atomic mass is 10.1. The molecule has 42 heavy (non-hydrogen) atoms. The van der Waals surface area contributed by atoms with Crippen molar-refractivity contribution >= 4 is 40.6 Å². The van der Waals surface area contributed by atoms with Crippen molar-refractivity contribution in [2.45, 2.75) is 23.8 Å². The second kappa shape index (κ2) is 13.9. The van der Waals surface area contributed by atoms with Crippen LogP contribution in [-0.2, 0) is 18.6 Å². The molecule has 0 radical (unpaired) electrons. The highest BCUT2D eigenvalue weighted by Crippen LogP contribution is 2.29. The van der Waals surface area contributed by atoms with Gasteiger partial charge in [-0.2, -0.15) is 0 Å². The summed E-state index contributed by atoms with van der Waals surface area (Å²) < 4.78 is 12.7. The van der Waals surface area contributed by atoms with Gasteiger partial charge in [-0.1, -0.05) is 65.8 Å². The first-order valence-electron chi connectivity index (χ1n) is 13.2. The third-order valence-corrected chi connectivity index (χ3v) is 8.80. The van der Waals surface area contributed by atoms with Crippen LogP contribution < -0.4 is 9.47 Å². The zero-order valence-electron chi connectivity index (χ0n) is 23.5. The molecule has 0 aliphatic heterocycles. The Labute approximate surface area is 258 Å². The molecular formula is C31H30ClN5O3S2. The Balaban J connectivity index is 1.25. The summed E-state index contributed by atoms with van der Waals surface area (Å²) in [4.78, 5) is 19.4. The van der Waals surface area contributed by atoms with Gasteiger partial charge in [-0.25, -0.2) is 4.98 Å². The summed E-state index contributed by atoms with van der Waals surface area (Å²) in [5.41, 5.74) is 3.53. The maximum absolute atomic E-state index is 13.1. The molecule has 2 aromatic heterocycles. The molecule has 0 spiro atoms. The van der Waals surface area contributed by atoms with E-state index in [1.54, 1.807) is 26.2 Å². The Kier molecular flexibility index (Phi) is 9.78.